The maximum absolute atomic E-state index is 12.7. The number of esters is 3. The lowest BCUT2D eigenvalue weighted by molar-refractivity contribution is -0.166. The molecule has 0 spiro atoms. The van der Waals surface area contributed by atoms with Gasteiger partial charge >= 0.3 is 17.9 Å². The molecular weight excluding hydrogens is 769 g/mol. The van der Waals surface area contributed by atoms with E-state index in [2.05, 4.69) is 75.5 Å². The zero-order chi connectivity index (χ0) is 45.1. The first kappa shape index (κ1) is 59.1. The van der Waals surface area contributed by atoms with Crippen LogP contribution in [0, 0.1) is 0 Å². The fourth-order valence-electron chi connectivity index (χ4n) is 7.37. The number of ether oxygens (including phenoxy) is 3. The van der Waals surface area contributed by atoms with E-state index in [9.17, 15) is 14.4 Å². The van der Waals surface area contributed by atoms with Crippen LogP contribution in [0.2, 0.25) is 0 Å². The highest BCUT2D eigenvalue weighted by Gasteiger charge is 2.19. The van der Waals surface area contributed by atoms with Crippen LogP contribution >= 0.6 is 0 Å². The van der Waals surface area contributed by atoms with Gasteiger partial charge in [0.05, 0.1) is 0 Å². The molecule has 0 aromatic carbocycles. The summed E-state index contributed by atoms with van der Waals surface area (Å²) in [5.74, 6) is -0.978. The maximum Gasteiger partial charge on any atom is 0.306 e. The SMILES string of the molecule is CC/C=C\C/C=C\C/C=C\C/C=C\C/C=C\CCC(=O)OC(COC(=O)CCCCCCCCCCCC)COC(=O)CCCCCCCCCCCCCCCCCCCC. The molecule has 0 rings (SSSR count). The molecule has 0 heterocycles. The van der Waals surface area contributed by atoms with Crippen LogP contribution in [0.15, 0.2) is 60.8 Å². The van der Waals surface area contributed by atoms with E-state index in [1.807, 2.05) is 6.08 Å². The summed E-state index contributed by atoms with van der Waals surface area (Å²) in [5.41, 5.74) is 0. The number of carbonyl (C=O) groups is 3. The Morgan fingerprint density at radius 2 is 0.629 bits per heavy atom. The van der Waals surface area contributed by atoms with E-state index in [0.717, 1.165) is 70.6 Å². The minimum absolute atomic E-state index is 0.100. The molecule has 0 saturated carbocycles. The van der Waals surface area contributed by atoms with Gasteiger partial charge in [0.1, 0.15) is 13.2 Å². The van der Waals surface area contributed by atoms with E-state index in [1.54, 1.807) is 0 Å². The van der Waals surface area contributed by atoms with Crippen molar-refractivity contribution < 1.29 is 28.6 Å². The molecule has 0 fully saturated rings. The molecule has 6 heteroatoms. The molecular formula is C56H98O6. The normalized spacial score (nSPS) is 12.5. The van der Waals surface area contributed by atoms with Crippen LogP contribution in [-0.4, -0.2) is 37.2 Å². The van der Waals surface area contributed by atoms with E-state index < -0.39 is 6.10 Å². The smallest absolute Gasteiger partial charge is 0.306 e. The number of carbonyl (C=O) groups excluding carboxylic acids is 3. The second-order valence-corrected chi connectivity index (χ2v) is 17.4. The number of hydrogen-bond acceptors (Lipinski definition) is 6. The average molecular weight is 867 g/mol. The molecule has 0 aromatic heterocycles. The summed E-state index contributed by atoms with van der Waals surface area (Å²) >= 11 is 0. The summed E-state index contributed by atoms with van der Waals surface area (Å²) in [7, 11) is 0. The van der Waals surface area contributed by atoms with Gasteiger partial charge in [0.2, 0.25) is 0 Å². The highest BCUT2D eigenvalue weighted by atomic mass is 16.6. The quantitative estimate of drug-likeness (QED) is 0.0262. The molecule has 358 valence electrons. The minimum Gasteiger partial charge on any atom is -0.462 e. The highest BCUT2D eigenvalue weighted by molar-refractivity contribution is 5.71. The molecule has 62 heavy (non-hydrogen) atoms. The van der Waals surface area contributed by atoms with E-state index in [1.165, 1.54) is 141 Å². The lowest BCUT2D eigenvalue weighted by atomic mass is 10.0. The summed E-state index contributed by atoms with van der Waals surface area (Å²) in [6, 6.07) is 0. The summed E-state index contributed by atoms with van der Waals surface area (Å²) in [6.07, 6.45) is 62.2. The molecule has 0 aliphatic carbocycles. The van der Waals surface area contributed by atoms with Crippen LogP contribution in [0.4, 0.5) is 0 Å². The molecule has 0 N–H and O–H groups in total. The van der Waals surface area contributed by atoms with E-state index in [-0.39, 0.29) is 37.5 Å². The van der Waals surface area contributed by atoms with Gasteiger partial charge in [0.15, 0.2) is 6.10 Å². The van der Waals surface area contributed by atoms with Crippen LogP contribution in [0.5, 0.6) is 0 Å². The summed E-state index contributed by atoms with van der Waals surface area (Å²) in [6.45, 7) is 6.47. The van der Waals surface area contributed by atoms with Gasteiger partial charge in [-0.05, 0) is 51.4 Å². The van der Waals surface area contributed by atoms with E-state index in [4.69, 9.17) is 14.2 Å². The fraction of sp³-hybridized carbons (Fsp3) is 0.768. The number of hydrogen-bond donors (Lipinski definition) is 0. The Hall–Kier alpha value is -2.89. The molecule has 0 aromatic rings. The molecule has 1 unspecified atom stereocenters. The van der Waals surface area contributed by atoms with Crippen molar-refractivity contribution >= 4 is 17.9 Å². The predicted octanol–water partition coefficient (Wildman–Crippen LogP) is 17.3. The van der Waals surface area contributed by atoms with Crippen molar-refractivity contribution in [3.8, 4) is 0 Å². The Balaban J connectivity index is 4.40. The number of rotatable bonds is 47. The molecule has 6 nitrogen and oxygen atoms in total. The maximum atomic E-state index is 12.7. The summed E-state index contributed by atoms with van der Waals surface area (Å²) in [4.78, 5) is 37.9. The summed E-state index contributed by atoms with van der Waals surface area (Å²) < 4.78 is 16.7. The first-order valence-electron chi connectivity index (χ1n) is 26.3. The predicted molar refractivity (Wildman–Crippen MR) is 265 cm³/mol. The third kappa shape index (κ3) is 48.1. The second kappa shape index (κ2) is 50.8. The Morgan fingerprint density at radius 1 is 0.339 bits per heavy atom. The van der Waals surface area contributed by atoms with E-state index >= 15 is 0 Å². The van der Waals surface area contributed by atoms with Crippen LogP contribution < -0.4 is 0 Å². The largest absolute Gasteiger partial charge is 0.462 e. The Morgan fingerprint density at radius 3 is 0.952 bits per heavy atom. The first-order valence-corrected chi connectivity index (χ1v) is 26.3. The van der Waals surface area contributed by atoms with Crippen molar-refractivity contribution in [3.05, 3.63) is 60.8 Å². The van der Waals surface area contributed by atoms with Gasteiger partial charge in [0.25, 0.3) is 0 Å². The molecule has 0 saturated heterocycles. The van der Waals surface area contributed by atoms with Crippen molar-refractivity contribution in [2.24, 2.45) is 0 Å². The monoisotopic (exact) mass is 867 g/mol. The Bertz CT molecular complexity index is 1130. The molecule has 0 aliphatic heterocycles. The number of allylic oxidation sites excluding steroid dienone is 10. The Kier molecular flexibility index (Phi) is 48.4. The second-order valence-electron chi connectivity index (χ2n) is 17.4. The minimum atomic E-state index is -0.809. The van der Waals surface area contributed by atoms with Gasteiger partial charge in [-0.25, -0.2) is 0 Å². The van der Waals surface area contributed by atoms with Crippen LogP contribution in [0.3, 0.4) is 0 Å². The molecule has 0 bridgehead atoms. The topological polar surface area (TPSA) is 78.9 Å². The lowest BCUT2D eigenvalue weighted by Crippen LogP contribution is -2.30. The van der Waals surface area contributed by atoms with Crippen molar-refractivity contribution in [2.75, 3.05) is 13.2 Å². The van der Waals surface area contributed by atoms with Gasteiger partial charge in [-0.1, -0.05) is 248 Å². The zero-order valence-corrected chi connectivity index (χ0v) is 40.9. The van der Waals surface area contributed by atoms with Crippen molar-refractivity contribution in [3.63, 3.8) is 0 Å². The van der Waals surface area contributed by atoms with Gasteiger partial charge in [-0.3, -0.25) is 14.4 Å². The molecule has 1 atom stereocenters. The number of unbranched alkanes of at least 4 members (excludes halogenated alkanes) is 26. The fourth-order valence-corrected chi connectivity index (χ4v) is 7.37. The third-order valence-corrected chi connectivity index (χ3v) is 11.3. The lowest BCUT2D eigenvalue weighted by Gasteiger charge is -2.18. The standard InChI is InChI=1S/C56H98O6/c1-4-7-10-13-16-19-22-24-26-28-29-31-32-34-37-40-43-46-49-55(58)61-52-53(51-60-54(57)48-45-42-39-36-21-18-15-12-9-6-3)62-56(59)50-47-44-41-38-35-33-30-27-25-23-20-17-14-11-8-5-2/h8,11,17,20,25,27,33,35,41,44,53H,4-7,9-10,12-16,18-19,21-24,26,28-32,34,36-40,42-43,45-52H2,1-3H3/b11-8-,20-17-,27-25-,35-33-,44-41-. The van der Waals surface area contributed by atoms with Gasteiger partial charge < -0.3 is 14.2 Å². The Labute approximate surface area is 383 Å². The van der Waals surface area contributed by atoms with Crippen molar-refractivity contribution in [2.45, 2.75) is 264 Å². The van der Waals surface area contributed by atoms with Crippen LogP contribution in [-0.2, 0) is 28.6 Å². The highest BCUT2D eigenvalue weighted by Crippen LogP contribution is 2.16. The summed E-state index contributed by atoms with van der Waals surface area (Å²) in [5, 5.41) is 0. The average Bonchev–Trinajstić information content (AvgIpc) is 3.27. The van der Waals surface area contributed by atoms with E-state index in [0.29, 0.717) is 19.3 Å². The molecule has 0 amide bonds. The zero-order valence-electron chi connectivity index (χ0n) is 40.9. The molecule has 0 aliphatic rings. The van der Waals surface area contributed by atoms with Gasteiger partial charge in [-0.15, -0.1) is 0 Å². The van der Waals surface area contributed by atoms with Crippen molar-refractivity contribution in [1.82, 2.24) is 0 Å². The third-order valence-electron chi connectivity index (χ3n) is 11.3. The first-order chi connectivity index (χ1) is 30.5. The van der Waals surface area contributed by atoms with Gasteiger partial charge in [0, 0.05) is 19.3 Å². The van der Waals surface area contributed by atoms with Gasteiger partial charge in [-0.2, -0.15) is 0 Å². The van der Waals surface area contributed by atoms with Crippen LogP contribution in [0.1, 0.15) is 258 Å². The van der Waals surface area contributed by atoms with Crippen molar-refractivity contribution in [1.29, 1.82) is 0 Å². The molecule has 0 radical (unpaired) electrons. The van der Waals surface area contributed by atoms with Crippen LogP contribution in [0.25, 0.3) is 0 Å².